The van der Waals surface area contributed by atoms with E-state index in [9.17, 15) is 9.59 Å². The first kappa shape index (κ1) is 9.88. The molecule has 0 saturated heterocycles. The fourth-order valence-electron chi connectivity index (χ4n) is 0.660. The summed E-state index contributed by atoms with van der Waals surface area (Å²) in [5.41, 5.74) is 0. The van der Waals surface area contributed by atoms with Gasteiger partial charge in [-0.3, -0.25) is 9.59 Å². The van der Waals surface area contributed by atoms with Crippen LogP contribution < -0.4 is 0 Å². The molecule has 0 rings (SSSR count). The third kappa shape index (κ3) is 2.98. The first-order valence-corrected chi connectivity index (χ1v) is 3.43. The molecule has 0 aliphatic carbocycles. The Bertz CT molecular complexity index is 172. The molecule has 62 valence electrons. The Hall–Kier alpha value is -1.12. The lowest BCUT2D eigenvalue weighted by molar-refractivity contribution is -0.149. The first-order chi connectivity index (χ1) is 5.13. The number of hydrogen-bond donors (Lipinski definition) is 0. The molecule has 0 heterocycles. The topological polar surface area (TPSA) is 43.4 Å². The van der Waals surface area contributed by atoms with Crippen LogP contribution in [-0.4, -0.2) is 18.4 Å². The van der Waals surface area contributed by atoms with Gasteiger partial charge in [-0.1, -0.05) is 6.08 Å². The molecule has 0 aliphatic heterocycles. The van der Waals surface area contributed by atoms with Gasteiger partial charge < -0.3 is 4.74 Å². The first-order valence-electron chi connectivity index (χ1n) is 3.43. The van der Waals surface area contributed by atoms with Crippen molar-refractivity contribution < 1.29 is 14.3 Å². The van der Waals surface area contributed by atoms with E-state index in [0.717, 1.165) is 0 Å². The maximum absolute atomic E-state index is 10.9. The van der Waals surface area contributed by atoms with Crippen LogP contribution in [0.2, 0.25) is 0 Å². The maximum Gasteiger partial charge on any atom is 0.320 e. The standard InChI is InChI=1S/C8H12O3/c1-4-7(6(3)9)8(10)11-5-2/h4,7H,1,5H2,2-3H3. The molecule has 0 aromatic heterocycles. The van der Waals surface area contributed by atoms with Crippen molar-refractivity contribution in [1.82, 2.24) is 0 Å². The van der Waals surface area contributed by atoms with Crippen molar-refractivity contribution in [3.05, 3.63) is 12.7 Å². The van der Waals surface area contributed by atoms with Gasteiger partial charge >= 0.3 is 5.97 Å². The molecule has 11 heavy (non-hydrogen) atoms. The minimum Gasteiger partial charge on any atom is -0.465 e. The largest absolute Gasteiger partial charge is 0.465 e. The molecule has 1 atom stereocenters. The number of ether oxygens (including phenoxy) is 1. The van der Waals surface area contributed by atoms with Gasteiger partial charge in [0.05, 0.1) is 6.61 Å². The second-order valence-corrected chi connectivity index (χ2v) is 2.08. The summed E-state index contributed by atoms with van der Waals surface area (Å²) in [5.74, 6) is -1.55. The minimum absolute atomic E-state index is 0.238. The lowest BCUT2D eigenvalue weighted by Gasteiger charge is -2.06. The average molecular weight is 156 g/mol. The number of carbonyl (C=O) groups excluding carboxylic acids is 2. The van der Waals surface area contributed by atoms with E-state index in [4.69, 9.17) is 0 Å². The van der Waals surface area contributed by atoms with Crippen LogP contribution in [0.15, 0.2) is 12.7 Å². The van der Waals surface area contributed by atoms with E-state index in [1.54, 1.807) is 6.92 Å². The van der Waals surface area contributed by atoms with Crippen LogP contribution >= 0.6 is 0 Å². The van der Waals surface area contributed by atoms with Crippen molar-refractivity contribution >= 4 is 11.8 Å². The van der Waals surface area contributed by atoms with Gasteiger partial charge in [0.1, 0.15) is 11.7 Å². The number of rotatable bonds is 4. The summed E-state index contributed by atoms with van der Waals surface area (Å²) in [4.78, 5) is 21.6. The number of ketones is 1. The Balaban J connectivity index is 4.14. The molecule has 0 radical (unpaired) electrons. The molecule has 0 aromatic carbocycles. The third-order valence-electron chi connectivity index (χ3n) is 1.21. The summed E-state index contributed by atoms with van der Waals surface area (Å²) >= 11 is 0. The Kier molecular flexibility index (Phi) is 4.18. The molecular formula is C8H12O3. The van der Waals surface area contributed by atoms with E-state index in [1.807, 2.05) is 0 Å². The third-order valence-corrected chi connectivity index (χ3v) is 1.21. The lowest BCUT2D eigenvalue weighted by atomic mass is 10.1. The zero-order valence-corrected chi connectivity index (χ0v) is 6.79. The highest BCUT2D eigenvalue weighted by Crippen LogP contribution is 2.02. The average Bonchev–Trinajstić information content (AvgIpc) is 1.88. The normalized spacial score (nSPS) is 11.8. The molecule has 1 unspecified atom stereocenters. The van der Waals surface area contributed by atoms with Crippen molar-refractivity contribution in [3.8, 4) is 0 Å². The van der Waals surface area contributed by atoms with E-state index in [-0.39, 0.29) is 12.4 Å². The molecule has 0 amide bonds. The van der Waals surface area contributed by atoms with Crippen LogP contribution in [0, 0.1) is 5.92 Å². The van der Waals surface area contributed by atoms with Crippen LogP contribution in [0.25, 0.3) is 0 Å². The van der Waals surface area contributed by atoms with Gasteiger partial charge in [-0.15, -0.1) is 6.58 Å². The van der Waals surface area contributed by atoms with Crippen LogP contribution in [0.5, 0.6) is 0 Å². The summed E-state index contributed by atoms with van der Waals surface area (Å²) in [6, 6.07) is 0. The molecule has 3 heteroatoms. The van der Waals surface area contributed by atoms with Crippen molar-refractivity contribution in [1.29, 1.82) is 0 Å². The lowest BCUT2D eigenvalue weighted by Crippen LogP contribution is -2.21. The van der Waals surface area contributed by atoms with Crippen molar-refractivity contribution in [2.75, 3.05) is 6.61 Å². The fourth-order valence-corrected chi connectivity index (χ4v) is 0.660. The van der Waals surface area contributed by atoms with E-state index in [0.29, 0.717) is 0 Å². The van der Waals surface area contributed by atoms with Crippen molar-refractivity contribution in [3.63, 3.8) is 0 Å². The number of hydrogen-bond acceptors (Lipinski definition) is 3. The van der Waals surface area contributed by atoms with Crippen LogP contribution in [0.4, 0.5) is 0 Å². The van der Waals surface area contributed by atoms with Crippen LogP contribution in [-0.2, 0) is 14.3 Å². The Morgan fingerprint density at radius 3 is 2.45 bits per heavy atom. The predicted molar refractivity (Wildman–Crippen MR) is 41.0 cm³/mol. The predicted octanol–water partition coefficient (Wildman–Crippen LogP) is 0.941. The van der Waals surface area contributed by atoms with E-state index in [1.165, 1.54) is 13.0 Å². The highest BCUT2D eigenvalue weighted by atomic mass is 16.5. The summed E-state index contributed by atoms with van der Waals surface area (Å²) in [5, 5.41) is 0. The van der Waals surface area contributed by atoms with Crippen LogP contribution in [0.1, 0.15) is 13.8 Å². The maximum atomic E-state index is 10.9. The molecule has 0 saturated carbocycles. The SMILES string of the molecule is C=CC(C(C)=O)C(=O)OCC. The second-order valence-electron chi connectivity index (χ2n) is 2.08. The molecule has 0 bridgehead atoms. The molecule has 0 aromatic rings. The molecule has 0 N–H and O–H groups in total. The van der Waals surface area contributed by atoms with Gasteiger partial charge in [-0.05, 0) is 13.8 Å². The molecule has 0 aliphatic rings. The number of Topliss-reactive ketones (excluding diaryl/α,β-unsaturated/α-hetero) is 1. The summed E-state index contributed by atoms with van der Waals surface area (Å²) in [6.07, 6.45) is 1.29. The minimum atomic E-state index is -0.796. The number of carbonyl (C=O) groups is 2. The van der Waals surface area contributed by atoms with E-state index in [2.05, 4.69) is 11.3 Å². The van der Waals surface area contributed by atoms with Crippen LogP contribution in [0.3, 0.4) is 0 Å². The second kappa shape index (κ2) is 4.66. The van der Waals surface area contributed by atoms with E-state index >= 15 is 0 Å². The Labute approximate surface area is 66.0 Å². The number of esters is 1. The zero-order valence-electron chi connectivity index (χ0n) is 6.79. The molecular weight excluding hydrogens is 144 g/mol. The summed E-state index contributed by atoms with van der Waals surface area (Å²) in [6.45, 7) is 6.68. The highest BCUT2D eigenvalue weighted by Gasteiger charge is 2.20. The summed E-state index contributed by atoms with van der Waals surface area (Å²) in [7, 11) is 0. The van der Waals surface area contributed by atoms with Crippen molar-refractivity contribution in [2.24, 2.45) is 5.92 Å². The van der Waals surface area contributed by atoms with Gasteiger partial charge in [0.15, 0.2) is 0 Å². The van der Waals surface area contributed by atoms with Crippen molar-refractivity contribution in [2.45, 2.75) is 13.8 Å². The summed E-state index contributed by atoms with van der Waals surface area (Å²) < 4.78 is 4.63. The zero-order chi connectivity index (χ0) is 8.85. The smallest absolute Gasteiger partial charge is 0.320 e. The fraction of sp³-hybridized carbons (Fsp3) is 0.500. The van der Waals surface area contributed by atoms with E-state index < -0.39 is 11.9 Å². The van der Waals surface area contributed by atoms with Gasteiger partial charge in [0, 0.05) is 0 Å². The Morgan fingerprint density at radius 2 is 2.18 bits per heavy atom. The van der Waals surface area contributed by atoms with Gasteiger partial charge in [-0.25, -0.2) is 0 Å². The molecule has 0 fully saturated rings. The van der Waals surface area contributed by atoms with Gasteiger partial charge in [0.25, 0.3) is 0 Å². The monoisotopic (exact) mass is 156 g/mol. The highest BCUT2D eigenvalue weighted by molar-refractivity contribution is 5.99. The van der Waals surface area contributed by atoms with Gasteiger partial charge in [0.2, 0.25) is 0 Å². The molecule has 0 spiro atoms. The molecule has 3 nitrogen and oxygen atoms in total. The Morgan fingerprint density at radius 1 is 1.64 bits per heavy atom. The van der Waals surface area contributed by atoms with Gasteiger partial charge in [-0.2, -0.15) is 0 Å². The quantitative estimate of drug-likeness (QED) is 0.345.